The zero-order valence-corrected chi connectivity index (χ0v) is 10.5. The highest BCUT2D eigenvalue weighted by molar-refractivity contribution is 6.30. The lowest BCUT2D eigenvalue weighted by Gasteiger charge is -2.03. The predicted molar refractivity (Wildman–Crippen MR) is 70.5 cm³/mol. The summed E-state index contributed by atoms with van der Waals surface area (Å²) < 4.78 is 13.0. The van der Waals surface area contributed by atoms with Crippen LogP contribution in [0.15, 0.2) is 48.5 Å². The number of carbonyl (C=O) groups excluding carboxylic acids is 1. The molecule has 0 unspecified atom stereocenters. The Hall–Kier alpha value is -1.67. The van der Waals surface area contributed by atoms with Crippen molar-refractivity contribution in [2.24, 2.45) is 0 Å². The standard InChI is InChI=1S/C15H12ClFO/c16-13-10-11(6-8-14(13)17)7-9-15(18)12-4-2-1-3-5-12/h1-6,8,10H,7,9H2. The second-order valence-electron chi connectivity index (χ2n) is 4.04. The zero-order chi connectivity index (χ0) is 13.0. The molecule has 2 rings (SSSR count). The van der Waals surface area contributed by atoms with Crippen LogP contribution in [0.25, 0.3) is 0 Å². The summed E-state index contributed by atoms with van der Waals surface area (Å²) in [5, 5.41) is 0.0969. The first kappa shape index (κ1) is 12.8. The number of Topliss-reactive ketones (excluding diaryl/α,β-unsaturated/α-hetero) is 1. The molecule has 0 spiro atoms. The molecule has 1 nitrogen and oxygen atoms in total. The summed E-state index contributed by atoms with van der Waals surface area (Å²) >= 11 is 5.69. The van der Waals surface area contributed by atoms with Gasteiger partial charge in [0.2, 0.25) is 0 Å². The fraction of sp³-hybridized carbons (Fsp3) is 0.133. The van der Waals surface area contributed by atoms with Crippen LogP contribution < -0.4 is 0 Å². The maximum absolute atomic E-state index is 13.0. The normalized spacial score (nSPS) is 10.3. The Bertz CT molecular complexity index is 552. The van der Waals surface area contributed by atoms with Gasteiger partial charge in [-0.25, -0.2) is 4.39 Å². The lowest BCUT2D eigenvalue weighted by molar-refractivity contribution is 0.0983. The minimum atomic E-state index is -0.435. The number of halogens is 2. The third-order valence-corrected chi connectivity index (χ3v) is 3.01. The largest absolute Gasteiger partial charge is 0.294 e. The van der Waals surface area contributed by atoms with Crippen molar-refractivity contribution in [3.63, 3.8) is 0 Å². The van der Waals surface area contributed by atoms with E-state index in [-0.39, 0.29) is 10.8 Å². The van der Waals surface area contributed by atoms with Crippen LogP contribution in [0.4, 0.5) is 4.39 Å². The van der Waals surface area contributed by atoms with Crippen LogP contribution in [0.2, 0.25) is 5.02 Å². The van der Waals surface area contributed by atoms with Crippen LogP contribution in [0, 0.1) is 5.82 Å². The number of hydrogen-bond donors (Lipinski definition) is 0. The van der Waals surface area contributed by atoms with Crippen molar-refractivity contribution in [2.45, 2.75) is 12.8 Å². The molecule has 0 bridgehead atoms. The van der Waals surface area contributed by atoms with E-state index in [0.29, 0.717) is 18.4 Å². The van der Waals surface area contributed by atoms with E-state index < -0.39 is 5.82 Å². The quantitative estimate of drug-likeness (QED) is 0.751. The molecule has 0 aromatic heterocycles. The van der Waals surface area contributed by atoms with Gasteiger partial charge in [0.15, 0.2) is 5.78 Å². The molecular formula is C15H12ClFO. The van der Waals surface area contributed by atoms with Crippen molar-refractivity contribution in [2.75, 3.05) is 0 Å². The van der Waals surface area contributed by atoms with Gasteiger partial charge in [-0.2, -0.15) is 0 Å². The van der Waals surface area contributed by atoms with Gasteiger partial charge >= 0.3 is 0 Å². The van der Waals surface area contributed by atoms with Crippen LogP contribution in [-0.4, -0.2) is 5.78 Å². The predicted octanol–water partition coefficient (Wildman–Crippen LogP) is 4.29. The van der Waals surface area contributed by atoms with Gasteiger partial charge in [-0.1, -0.05) is 48.0 Å². The Labute approximate surface area is 110 Å². The number of ketones is 1. The van der Waals surface area contributed by atoms with Crippen LogP contribution >= 0.6 is 11.6 Å². The van der Waals surface area contributed by atoms with Crippen LogP contribution in [0.5, 0.6) is 0 Å². The number of benzene rings is 2. The molecule has 0 radical (unpaired) electrons. The van der Waals surface area contributed by atoms with Gasteiger partial charge in [0, 0.05) is 12.0 Å². The Balaban J connectivity index is 1.99. The van der Waals surface area contributed by atoms with Crippen molar-refractivity contribution >= 4 is 17.4 Å². The molecule has 0 aliphatic heterocycles. The first-order valence-electron chi connectivity index (χ1n) is 5.69. The summed E-state index contributed by atoms with van der Waals surface area (Å²) in [6.07, 6.45) is 0.958. The molecule has 92 valence electrons. The lowest BCUT2D eigenvalue weighted by Crippen LogP contribution is -2.00. The summed E-state index contributed by atoms with van der Waals surface area (Å²) in [4.78, 5) is 11.9. The van der Waals surface area contributed by atoms with Crippen molar-refractivity contribution in [1.82, 2.24) is 0 Å². The molecule has 0 atom stereocenters. The maximum Gasteiger partial charge on any atom is 0.163 e. The van der Waals surface area contributed by atoms with Gasteiger partial charge in [-0.05, 0) is 24.1 Å². The number of hydrogen-bond acceptors (Lipinski definition) is 1. The molecular weight excluding hydrogens is 251 g/mol. The lowest BCUT2D eigenvalue weighted by atomic mass is 10.0. The molecule has 2 aromatic rings. The maximum atomic E-state index is 13.0. The van der Waals surface area contributed by atoms with E-state index in [1.54, 1.807) is 24.3 Å². The van der Waals surface area contributed by atoms with Crippen molar-refractivity contribution < 1.29 is 9.18 Å². The van der Waals surface area contributed by atoms with E-state index in [1.807, 2.05) is 18.2 Å². The minimum absolute atomic E-state index is 0.0797. The highest BCUT2D eigenvalue weighted by atomic mass is 35.5. The summed E-state index contributed by atoms with van der Waals surface area (Å²) in [5.74, 6) is -0.356. The highest BCUT2D eigenvalue weighted by Gasteiger charge is 2.06. The van der Waals surface area contributed by atoms with Gasteiger partial charge < -0.3 is 0 Å². The highest BCUT2D eigenvalue weighted by Crippen LogP contribution is 2.17. The fourth-order valence-corrected chi connectivity index (χ4v) is 1.92. The average Bonchev–Trinajstić information content (AvgIpc) is 2.41. The van der Waals surface area contributed by atoms with Crippen molar-refractivity contribution in [3.8, 4) is 0 Å². The van der Waals surface area contributed by atoms with Crippen LogP contribution in [0.1, 0.15) is 22.3 Å². The van der Waals surface area contributed by atoms with Gasteiger partial charge in [0.05, 0.1) is 5.02 Å². The topological polar surface area (TPSA) is 17.1 Å². The summed E-state index contributed by atoms with van der Waals surface area (Å²) in [5.41, 5.74) is 1.57. The van der Waals surface area contributed by atoms with Crippen molar-refractivity contribution in [1.29, 1.82) is 0 Å². The third-order valence-electron chi connectivity index (χ3n) is 2.72. The van der Waals surface area contributed by atoms with E-state index in [2.05, 4.69) is 0 Å². The third kappa shape index (κ3) is 3.17. The molecule has 0 heterocycles. The fourth-order valence-electron chi connectivity index (χ4n) is 1.72. The molecule has 2 aromatic carbocycles. The Morgan fingerprint density at radius 1 is 1.11 bits per heavy atom. The van der Waals surface area contributed by atoms with E-state index >= 15 is 0 Å². The van der Waals surface area contributed by atoms with Crippen LogP contribution in [-0.2, 0) is 6.42 Å². The molecule has 0 fully saturated rings. The number of aryl methyl sites for hydroxylation is 1. The van der Waals surface area contributed by atoms with E-state index in [1.165, 1.54) is 6.07 Å². The molecule has 0 aliphatic rings. The second-order valence-corrected chi connectivity index (χ2v) is 4.44. The molecule has 18 heavy (non-hydrogen) atoms. The Morgan fingerprint density at radius 3 is 2.50 bits per heavy atom. The molecule has 3 heteroatoms. The van der Waals surface area contributed by atoms with E-state index in [0.717, 1.165) is 5.56 Å². The van der Waals surface area contributed by atoms with Gasteiger partial charge in [0.25, 0.3) is 0 Å². The smallest absolute Gasteiger partial charge is 0.163 e. The van der Waals surface area contributed by atoms with Crippen LogP contribution in [0.3, 0.4) is 0 Å². The minimum Gasteiger partial charge on any atom is -0.294 e. The summed E-state index contributed by atoms with van der Waals surface area (Å²) in [6.45, 7) is 0. The molecule has 0 saturated heterocycles. The Morgan fingerprint density at radius 2 is 1.83 bits per heavy atom. The molecule has 0 N–H and O–H groups in total. The number of carbonyl (C=O) groups is 1. The zero-order valence-electron chi connectivity index (χ0n) is 9.70. The van der Waals surface area contributed by atoms with E-state index in [4.69, 9.17) is 11.6 Å². The average molecular weight is 263 g/mol. The molecule has 0 saturated carbocycles. The number of rotatable bonds is 4. The first-order valence-corrected chi connectivity index (χ1v) is 6.07. The van der Waals surface area contributed by atoms with Gasteiger partial charge in [-0.3, -0.25) is 4.79 Å². The molecule has 0 amide bonds. The second kappa shape index (κ2) is 5.78. The van der Waals surface area contributed by atoms with Gasteiger partial charge in [0.1, 0.15) is 5.82 Å². The Kier molecular flexibility index (Phi) is 4.11. The first-order chi connectivity index (χ1) is 8.66. The summed E-state index contributed by atoms with van der Waals surface area (Å²) in [7, 11) is 0. The molecule has 0 aliphatic carbocycles. The SMILES string of the molecule is O=C(CCc1ccc(F)c(Cl)c1)c1ccccc1. The monoisotopic (exact) mass is 262 g/mol. The van der Waals surface area contributed by atoms with Gasteiger partial charge in [-0.15, -0.1) is 0 Å². The van der Waals surface area contributed by atoms with E-state index in [9.17, 15) is 9.18 Å². The summed E-state index contributed by atoms with van der Waals surface area (Å²) in [6, 6.07) is 13.7. The van der Waals surface area contributed by atoms with Crippen molar-refractivity contribution in [3.05, 3.63) is 70.5 Å².